The van der Waals surface area contributed by atoms with Gasteiger partial charge in [0, 0.05) is 24.2 Å². The summed E-state index contributed by atoms with van der Waals surface area (Å²) in [5.74, 6) is -3.64. The summed E-state index contributed by atoms with van der Waals surface area (Å²) in [6.45, 7) is -3.14. The Morgan fingerprint density at radius 3 is 2.48 bits per heavy atom. The van der Waals surface area contributed by atoms with Crippen molar-refractivity contribution in [3.05, 3.63) is 59.4 Å². The Morgan fingerprint density at radius 2 is 1.76 bits per heavy atom. The highest BCUT2D eigenvalue weighted by Gasteiger charge is 2.13. The minimum absolute atomic E-state index is 0.0997. The summed E-state index contributed by atoms with van der Waals surface area (Å²) in [5, 5.41) is 2.44. The molecule has 2 nitrogen and oxygen atoms in total. The van der Waals surface area contributed by atoms with E-state index in [9.17, 15) is 22.0 Å². The molecule has 0 fully saturated rings. The van der Waals surface area contributed by atoms with Gasteiger partial charge in [0.1, 0.15) is 11.6 Å². The Morgan fingerprint density at radius 1 is 1.05 bits per heavy atom. The van der Waals surface area contributed by atoms with E-state index in [1.54, 1.807) is 6.07 Å². The Kier molecular flexibility index (Phi) is 4.62. The summed E-state index contributed by atoms with van der Waals surface area (Å²) in [6, 6.07) is 7.02. The van der Waals surface area contributed by atoms with Crippen LogP contribution in [0.4, 0.5) is 27.6 Å². The van der Waals surface area contributed by atoms with Gasteiger partial charge in [-0.25, -0.2) is 13.2 Å². The predicted molar refractivity (Wildman–Crippen MR) is 66.7 cm³/mol. The summed E-state index contributed by atoms with van der Waals surface area (Å²) >= 11 is 0. The van der Waals surface area contributed by atoms with Crippen LogP contribution in [-0.2, 0) is 6.54 Å². The van der Waals surface area contributed by atoms with Crippen LogP contribution >= 0.6 is 0 Å². The van der Waals surface area contributed by atoms with Crippen molar-refractivity contribution in [2.24, 2.45) is 0 Å². The van der Waals surface area contributed by atoms with Gasteiger partial charge in [0.2, 0.25) is 0 Å². The molecule has 0 bridgehead atoms. The lowest BCUT2D eigenvalue weighted by Crippen LogP contribution is -2.08. The normalized spacial score (nSPS) is 10.8. The molecule has 0 aliphatic heterocycles. The van der Waals surface area contributed by atoms with E-state index in [-0.39, 0.29) is 12.3 Å². The highest BCUT2D eigenvalue weighted by atomic mass is 19.3. The van der Waals surface area contributed by atoms with Gasteiger partial charge in [0.05, 0.1) is 5.69 Å². The van der Waals surface area contributed by atoms with Crippen LogP contribution in [0.1, 0.15) is 5.56 Å². The fourth-order valence-corrected chi connectivity index (χ4v) is 1.74. The third kappa shape index (κ3) is 3.84. The fraction of sp³-hybridized carbons (Fsp3) is 0.143. The Labute approximate surface area is 117 Å². The first kappa shape index (κ1) is 15.1. The van der Waals surface area contributed by atoms with Gasteiger partial charge in [-0.1, -0.05) is 18.2 Å². The van der Waals surface area contributed by atoms with Crippen LogP contribution < -0.4 is 10.1 Å². The smallest absolute Gasteiger partial charge is 0.387 e. The maximum Gasteiger partial charge on any atom is 0.387 e. The quantitative estimate of drug-likeness (QED) is 0.656. The standard InChI is InChI=1S/C14H10F5NO/c15-9-5-10(16)13(17)11(6-9)20-7-8-3-1-2-4-12(8)21-14(18)19/h1-6,14,20H,7H2. The van der Waals surface area contributed by atoms with E-state index in [2.05, 4.69) is 10.1 Å². The first-order valence-corrected chi connectivity index (χ1v) is 5.88. The van der Waals surface area contributed by atoms with Gasteiger partial charge in [0.15, 0.2) is 11.6 Å². The third-order valence-corrected chi connectivity index (χ3v) is 2.65. The SMILES string of the molecule is Fc1cc(F)c(F)c(NCc2ccccc2OC(F)F)c1. The number of benzene rings is 2. The van der Waals surface area contributed by atoms with Crippen molar-refractivity contribution < 1.29 is 26.7 Å². The van der Waals surface area contributed by atoms with E-state index in [4.69, 9.17) is 0 Å². The minimum Gasteiger partial charge on any atom is -0.434 e. The maximum atomic E-state index is 13.4. The molecule has 0 amide bonds. The number of nitrogens with one attached hydrogen (secondary N) is 1. The summed E-state index contributed by atoms with van der Waals surface area (Å²) in [5.41, 5.74) is -0.110. The van der Waals surface area contributed by atoms with Crippen LogP contribution in [0.2, 0.25) is 0 Å². The van der Waals surface area contributed by atoms with E-state index in [0.717, 1.165) is 6.07 Å². The molecule has 0 aliphatic carbocycles. The second-order valence-electron chi connectivity index (χ2n) is 4.09. The van der Waals surface area contributed by atoms with Crippen LogP contribution in [0.3, 0.4) is 0 Å². The highest BCUT2D eigenvalue weighted by molar-refractivity contribution is 5.47. The first-order chi connectivity index (χ1) is 9.97. The van der Waals surface area contributed by atoms with E-state index >= 15 is 0 Å². The average molecular weight is 303 g/mol. The lowest BCUT2D eigenvalue weighted by molar-refractivity contribution is -0.0504. The summed E-state index contributed by atoms with van der Waals surface area (Å²) < 4.78 is 68.3. The van der Waals surface area contributed by atoms with E-state index in [1.165, 1.54) is 18.2 Å². The van der Waals surface area contributed by atoms with Crippen LogP contribution in [0, 0.1) is 17.5 Å². The van der Waals surface area contributed by atoms with Crippen molar-refractivity contribution in [2.45, 2.75) is 13.2 Å². The zero-order chi connectivity index (χ0) is 15.4. The maximum absolute atomic E-state index is 13.4. The average Bonchev–Trinajstić information content (AvgIpc) is 2.42. The largest absolute Gasteiger partial charge is 0.434 e. The van der Waals surface area contributed by atoms with Crippen molar-refractivity contribution in [1.29, 1.82) is 0 Å². The number of rotatable bonds is 5. The summed E-state index contributed by atoms with van der Waals surface area (Å²) in [7, 11) is 0. The molecule has 0 radical (unpaired) electrons. The van der Waals surface area contributed by atoms with Crippen LogP contribution in [-0.4, -0.2) is 6.61 Å². The zero-order valence-electron chi connectivity index (χ0n) is 10.5. The molecule has 0 saturated carbocycles. The van der Waals surface area contributed by atoms with Gasteiger partial charge >= 0.3 is 6.61 Å². The molecule has 1 N–H and O–H groups in total. The van der Waals surface area contributed by atoms with Gasteiger partial charge in [-0.3, -0.25) is 0 Å². The van der Waals surface area contributed by atoms with Crippen molar-refractivity contribution in [3.63, 3.8) is 0 Å². The fourth-order valence-electron chi connectivity index (χ4n) is 1.74. The van der Waals surface area contributed by atoms with Crippen molar-refractivity contribution in [3.8, 4) is 5.75 Å². The van der Waals surface area contributed by atoms with Gasteiger partial charge in [-0.2, -0.15) is 8.78 Å². The van der Waals surface area contributed by atoms with Crippen LogP contribution in [0.5, 0.6) is 5.75 Å². The number of ether oxygens (including phenoxy) is 1. The van der Waals surface area contributed by atoms with E-state index in [0.29, 0.717) is 11.6 Å². The number of hydrogen-bond donors (Lipinski definition) is 1. The van der Waals surface area contributed by atoms with Gasteiger partial charge in [-0.15, -0.1) is 0 Å². The molecule has 2 rings (SSSR count). The van der Waals surface area contributed by atoms with Crippen LogP contribution in [0.15, 0.2) is 36.4 Å². The zero-order valence-corrected chi connectivity index (χ0v) is 10.5. The lowest BCUT2D eigenvalue weighted by Gasteiger charge is -2.12. The molecule has 21 heavy (non-hydrogen) atoms. The van der Waals surface area contributed by atoms with E-state index in [1.807, 2.05) is 0 Å². The van der Waals surface area contributed by atoms with Crippen molar-refractivity contribution in [2.75, 3.05) is 5.32 Å². The number of para-hydroxylation sites is 1. The molecular weight excluding hydrogens is 293 g/mol. The third-order valence-electron chi connectivity index (χ3n) is 2.65. The molecule has 2 aromatic carbocycles. The summed E-state index contributed by atoms with van der Waals surface area (Å²) in [4.78, 5) is 0. The molecule has 0 unspecified atom stereocenters. The second-order valence-corrected chi connectivity index (χ2v) is 4.09. The Balaban J connectivity index is 2.17. The molecule has 7 heteroatoms. The number of anilines is 1. The first-order valence-electron chi connectivity index (χ1n) is 5.88. The number of alkyl halides is 2. The van der Waals surface area contributed by atoms with Crippen LogP contribution in [0.25, 0.3) is 0 Å². The second kappa shape index (κ2) is 6.43. The van der Waals surface area contributed by atoms with Gasteiger partial charge in [0.25, 0.3) is 0 Å². The Hall–Kier alpha value is -2.31. The lowest BCUT2D eigenvalue weighted by atomic mass is 10.2. The highest BCUT2D eigenvalue weighted by Crippen LogP contribution is 2.24. The molecule has 0 aliphatic rings. The molecular formula is C14H10F5NO. The summed E-state index contributed by atoms with van der Waals surface area (Å²) in [6.07, 6.45) is 0. The topological polar surface area (TPSA) is 21.3 Å². The minimum atomic E-state index is -3.01. The molecule has 0 heterocycles. The predicted octanol–water partition coefficient (Wildman–Crippen LogP) is 4.32. The molecule has 2 aromatic rings. The molecule has 112 valence electrons. The van der Waals surface area contributed by atoms with Gasteiger partial charge in [-0.05, 0) is 6.07 Å². The number of halogens is 5. The Bertz CT molecular complexity index is 633. The van der Waals surface area contributed by atoms with Gasteiger partial charge < -0.3 is 10.1 Å². The van der Waals surface area contributed by atoms with Crippen molar-refractivity contribution in [1.82, 2.24) is 0 Å². The monoisotopic (exact) mass is 303 g/mol. The molecule has 0 spiro atoms. The molecule has 0 saturated heterocycles. The van der Waals surface area contributed by atoms with Crippen molar-refractivity contribution >= 4 is 5.69 Å². The molecule has 0 aromatic heterocycles. The molecule has 0 atom stereocenters. The number of hydrogen-bond acceptors (Lipinski definition) is 2. The van der Waals surface area contributed by atoms with E-state index < -0.39 is 29.8 Å².